The van der Waals surface area contributed by atoms with E-state index in [0.29, 0.717) is 0 Å². The molecule has 0 aromatic heterocycles. The van der Waals surface area contributed by atoms with Gasteiger partial charge in [0.15, 0.2) is 5.78 Å². The second-order valence-electron chi connectivity index (χ2n) is 6.03. The third-order valence-electron chi connectivity index (χ3n) is 4.13. The van der Waals surface area contributed by atoms with Crippen molar-refractivity contribution in [2.75, 3.05) is 11.4 Å². The van der Waals surface area contributed by atoms with Crippen LogP contribution >= 0.6 is 23.4 Å². The molecule has 124 valence electrons. The summed E-state index contributed by atoms with van der Waals surface area (Å²) in [7, 11) is 0. The topological polar surface area (TPSA) is 20.3 Å². The van der Waals surface area contributed by atoms with Gasteiger partial charge in [0, 0.05) is 33.7 Å². The van der Waals surface area contributed by atoms with Gasteiger partial charge < -0.3 is 4.90 Å². The van der Waals surface area contributed by atoms with Gasteiger partial charge >= 0.3 is 0 Å². The molecule has 1 aliphatic rings. The Morgan fingerprint density at radius 2 is 2.00 bits per heavy atom. The number of carbonyl (C=O) groups excluding carboxylic acids is 1. The van der Waals surface area contributed by atoms with E-state index < -0.39 is 0 Å². The normalized spacial score (nSPS) is 15.0. The van der Waals surface area contributed by atoms with Gasteiger partial charge in [-0.15, -0.1) is 0 Å². The molecule has 0 aliphatic carbocycles. The molecule has 4 heteroatoms. The lowest BCUT2D eigenvalue weighted by Crippen LogP contribution is -2.18. The molecule has 24 heavy (non-hydrogen) atoms. The monoisotopic (exact) mass is 357 g/mol. The van der Waals surface area contributed by atoms with Gasteiger partial charge in [-0.3, -0.25) is 4.79 Å². The van der Waals surface area contributed by atoms with Crippen LogP contribution in [0.1, 0.15) is 25.0 Å². The second-order valence-corrected chi connectivity index (χ2v) is 7.50. The maximum Gasteiger partial charge on any atom is 0.155 e. The molecular formula is C20H20ClNOS. The van der Waals surface area contributed by atoms with Crippen molar-refractivity contribution >= 4 is 34.8 Å². The van der Waals surface area contributed by atoms with Crippen LogP contribution in [0.3, 0.4) is 0 Å². The van der Waals surface area contributed by atoms with E-state index in [2.05, 4.69) is 43.9 Å². The Morgan fingerprint density at radius 1 is 1.25 bits per heavy atom. The van der Waals surface area contributed by atoms with Crippen molar-refractivity contribution in [3.8, 4) is 11.1 Å². The van der Waals surface area contributed by atoms with Gasteiger partial charge in [-0.2, -0.15) is 0 Å². The van der Waals surface area contributed by atoms with Crippen molar-refractivity contribution in [3.63, 3.8) is 0 Å². The summed E-state index contributed by atoms with van der Waals surface area (Å²) in [4.78, 5) is 15.0. The Balaban J connectivity index is 2.27. The number of fused-ring (bicyclic) bond motifs is 1. The Kier molecular flexibility index (Phi) is 4.75. The molecule has 1 heterocycles. The van der Waals surface area contributed by atoms with Gasteiger partial charge in [-0.1, -0.05) is 41.1 Å². The number of rotatable bonds is 3. The molecule has 0 fully saturated rings. The van der Waals surface area contributed by atoms with E-state index in [9.17, 15) is 4.79 Å². The molecule has 2 aromatic carbocycles. The zero-order valence-corrected chi connectivity index (χ0v) is 15.9. The van der Waals surface area contributed by atoms with Gasteiger partial charge in [-0.05, 0) is 51.5 Å². The van der Waals surface area contributed by atoms with E-state index in [1.54, 1.807) is 24.8 Å². The highest BCUT2D eigenvalue weighted by molar-refractivity contribution is 8.03. The van der Waals surface area contributed by atoms with E-state index in [1.165, 1.54) is 16.0 Å². The number of ketones is 1. The van der Waals surface area contributed by atoms with Gasteiger partial charge in [0.2, 0.25) is 0 Å². The summed E-state index contributed by atoms with van der Waals surface area (Å²) < 4.78 is 0. The van der Waals surface area contributed by atoms with Crippen LogP contribution in [-0.2, 0) is 4.79 Å². The summed E-state index contributed by atoms with van der Waals surface area (Å²) >= 11 is 8.17. The molecule has 2 nitrogen and oxygen atoms in total. The molecule has 0 bridgehead atoms. The lowest BCUT2D eigenvalue weighted by molar-refractivity contribution is -0.112. The highest BCUT2D eigenvalue weighted by Gasteiger charge is 2.29. The molecule has 0 unspecified atom stereocenters. The summed E-state index contributed by atoms with van der Waals surface area (Å²) in [6.45, 7) is 8.69. The number of benzene rings is 2. The quantitative estimate of drug-likeness (QED) is 0.629. The summed E-state index contributed by atoms with van der Waals surface area (Å²) in [5.41, 5.74) is 5.73. The number of halogens is 1. The molecular weight excluding hydrogens is 338 g/mol. The first-order chi connectivity index (χ1) is 11.4. The Hall–Kier alpha value is -1.71. The van der Waals surface area contributed by atoms with Crippen molar-refractivity contribution in [1.29, 1.82) is 0 Å². The number of hydrogen-bond acceptors (Lipinski definition) is 3. The largest absolute Gasteiger partial charge is 0.335 e. The van der Waals surface area contributed by atoms with Crippen LogP contribution in [0.2, 0.25) is 5.02 Å². The van der Waals surface area contributed by atoms with Crippen molar-refractivity contribution < 1.29 is 4.79 Å². The smallest absolute Gasteiger partial charge is 0.155 e. The first-order valence-electron chi connectivity index (χ1n) is 8.00. The number of carbonyl (C=O) groups is 1. The number of anilines is 1. The Labute approximate surface area is 152 Å². The van der Waals surface area contributed by atoms with E-state index in [1.807, 2.05) is 12.1 Å². The van der Waals surface area contributed by atoms with Crippen LogP contribution in [0, 0.1) is 13.8 Å². The lowest BCUT2D eigenvalue weighted by atomic mass is 9.96. The number of nitrogens with zero attached hydrogens (tertiary/aromatic N) is 1. The van der Waals surface area contributed by atoms with Crippen molar-refractivity contribution in [2.24, 2.45) is 0 Å². The molecule has 2 aromatic rings. The molecule has 0 radical (unpaired) electrons. The average molecular weight is 358 g/mol. The fourth-order valence-electron chi connectivity index (χ4n) is 3.07. The standard InChI is InChI=1S/C20H20ClNOS/c1-5-22-18(11-14(4)23)24-17-9-7-13(3)19(20(17)22)15-10-12(2)6-8-16(15)21/h6-11H,5H2,1-4H3/b18-11-. The minimum absolute atomic E-state index is 0.0654. The molecule has 0 saturated heterocycles. The summed E-state index contributed by atoms with van der Waals surface area (Å²) in [6, 6.07) is 10.4. The van der Waals surface area contributed by atoms with Crippen LogP contribution < -0.4 is 4.90 Å². The Morgan fingerprint density at radius 3 is 2.67 bits per heavy atom. The van der Waals surface area contributed by atoms with Crippen molar-refractivity contribution in [3.05, 3.63) is 57.6 Å². The zero-order chi connectivity index (χ0) is 17.4. The van der Waals surface area contributed by atoms with E-state index in [4.69, 9.17) is 11.6 Å². The maximum absolute atomic E-state index is 11.6. The van der Waals surface area contributed by atoms with Gasteiger partial charge in [-0.25, -0.2) is 0 Å². The number of thioether (sulfide) groups is 1. The Bertz CT molecular complexity index is 857. The van der Waals surface area contributed by atoms with Gasteiger partial charge in [0.05, 0.1) is 10.7 Å². The second kappa shape index (κ2) is 6.66. The summed E-state index contributed by atoms with van der Waals surface area (Å²) in [5.74, 6) is 0.0654. The summed E-state index contributed by atoms with van der Waals surface area (Å²) in [5, 5.41) is 1.73. The maximum atomic E-state index is 11.6. The predicted octanol–water partition coefficient (Wildman–Crippen LogP) is 5.99. The fraction of sp³-hybridized carbons (Fsp3) is 0.250. The molecule has 0 atom stereocenters. The van der Waals surface area contributed by atoms with Crippen molar-refractivity contribution in [1.82, 2.24) is 0 Å². The molecule has 3 rings (SSSR count). The predicted molar refractivity (Wildman–Crippen MR) is 104 cm³/mol. The van der Waals surface area contributed by atoms with Crippen LogP contribution in [0.15, 0.2) is 46.3 Å². The van der Waals surface area contributed by atoms with E-state index >= 15 is 0 Å². The average Bonchev–Trinajstić information content (AvgIpc) is 2.86. The molecule has 0 amide bonds. The first-order valence-corrected chi connectivity index (χ1v) is 9.19. The van der Waals surface area contributed by atoms with Gasteiger partial charge in [0.1, 0.15) is 0 Å². The minimum Gasteiger partial charge on any atom is -0.335 e. The van der Waals surface area contributed by atoms with Crippen LogP contribution in [-0.4, -0.2) is 12.3 Å². The fourth-order valence-corrected chi connectivity index (χ4v) is 4.50. The lowest BCUT2D eigenvalue weighted by Gasteiger charge is -2.23. The van der Waals surface area contributed by atoms with Crippen molar-refractivity contribution in [2.45, 2.75) is 32.6 Å². The zero-order valence-electron chi connectivity index (χ0n) is 14.3. The highest BCUT2D eigenvalue weighted by Crippen LogP contribution is 2.52. The molecule has 0 N–H and O–H groups in total. The SMILES string of the molecule is CCN1/C(=C/C(C)=O)Sc2ccc(C)c(-c3cc(C)ccc3Cl)c21. The third kappa shape index (κ3) is 2.99. The molecule has 0 saturated carbocycles. The first kappa shape index (κ1) is 17.1. The number of allylic oxidation sites excluding steroid dienone is 1. The van der Waals surface area contributed by atoms with Crippen LogP contribution in [0.4, 0.5) is 5.69 Å². The molecule has 1 aliphatic heterocycles. The number of aryl methyl sites for hydroxylation is 2. The van der Waals surface area contributed by atoms with E-state index in [0.717, 1.165) is 33.4 Å². The van der Waals surface area contributed by atoms with Crippen LogP contribution in [0.5, 0.6) is 0 Å². The van der Waals surface area contributed by atoms with Gasteiger partial charge in [0.25, 0.3) is 0 Å². The summed E-state index contributed by atoms with van der Waals surface area (Å²) in [6.07, 6.45) is 1.71. The highest BCUT2D eigenvalue weighted by atomic mass is 35.5. The van der Waals surface area contributed by atoms with E-state index in [-0.39, 0.29) is 5.78 Å². The molecule has 0 spiro atoms. The third-order valence-corrected chi connectivity index (χ3v) is 5.56. The van der Waals surface area contributed by atoms with Crippen LogP contribution in [0.25, 0.3) is 11.1 Å². The number of hydrogen-bond donors (Lipinski definition) is 0. The minimum atomic E-state index is 0.0654.